The zero-order chi connectivity index (χ0) is 33.1. The lowest BCUT2D eigenvalue weighted by atomic mass is 10.0. The number of benzene rings is 1. The smallest absolute Gasteiger partial charge is 0.274 e. The lowest BCUT2D eigenvalue weighted by Crippen LogP contribution is -2.50. The van der Waals surface area contributed by atoms with Crippen molar-refractivity contribution >= 4 is 46.3 Å². The van der Waals surface area contributed by atoms with Gasteiger partial charge in [0.05, 0.1) is 29.3 Å². The Hall–Kier alpha value is -4.43. The number of carbonyl (C=O) groups excluding carboxylic acids is 4. The maximum atomic E-state index is 14.0. The topological polar surface area (TPSA) is 159 Å². The number of fused-ring (bicyclic) bond motifs is 4. The van der Waals surface area contributed by atoms with Crippen LogP contribution in [0.5, 0.6) is 0 Å². The van der Waals surface area contributed by atoms with Gasteiger partial charge in [-0.2, -0.15) is 0 Å². The molecule has 3 atom stereocenters. The van der Waals surface area contributed by atoms with Crippen LogP contribution in [-0.2, 0) is 11.2 Å². The van der Waals surface area contributed by atoms with E-state index in [0.29, 0.717) is 27.8 Å². The Balaban J connectivity index is 1.56. The molecule has 0 saturated carbocycles. The monoisotopic (exact) mass is 663 g/mol. The van der Waals surface area contributed by atoms with Crippen molar-refractivity contribution in [1.82, 2.24) is 35.8 Å². The van der Waals surface area contributed by atoms with Gasteiger partial charge in [-0.15, -0.1) is 22.7 Å². The van der Waals surface area contributed by atoms with Gasteiger partial charge in [-0.05, 0) is 45.6 Å². The third kappa shape index (κ3) is 7.50. The number of hydrogen-bond acceptors (Lipinski definition) is 10. The highest BCUT2D eigenvalue weighted by Crippen LogP contribution is 2.26. The van der Waals surface area contributed by atoms with E-state index in [0.717, 1.165) is 10.6 Å². The molecule has 3 aromatic heterocycles. The Labute approximate surface area is 275 Å². The summed E-state index contributed by atoms with van der Waals surface area (Å²) >= 11 is 2.51. The summed E-state index contributed by atoms with van der Waals surface area (Å²) in [5.74, 6) is -1.37. The molecule has 4 heterocycles. The SMILES string of the molecule is Cc1nc(C)c(C(=O)N2CC(=O)N[C@@H](C(C)C)c3nc(c(C)o3)C(=O)N[C@H](C)c3nc(cs3)C(=O)N[C@H](Cc3ccccc3)C2)s1. The van der Waals surface area contributed by atoms with Crippen LogP contribution in [0, 0.1) is 26.7 Å². The second kappa shape index (κ2) is 13.9. The zero-order valence-electron chi connectivity index (χ0n) is 26.5. The number of thiazole rings is 2. The predicted molar refractivity (Wildman–Crippen MR) is 174 cm³/mol. The summed E-state index contributed by atoms with van der Waals surface area (Å²) in [4.78, 5) is 69.8. The first kappa shape index (κ1) is 32.9. The molecule has 5 rings (SSSR count). The summed E-state index contributed by atoms with van der Waals surface area (Å²) in [6, 6.07) is 7.84. The largest absolute Gasteiger partial charge is 0.443 e. The Kier molecular flexibility index (Phi) is 9.97. The van der Waals surface area contributed by atoms with Crippen LogP contribution < -0.4 is 16.0 Å². The Morgan fingerprint density at radius 3 is 2.43 bits per heavy atom. The molecule has 0 radical (unpaired) electrons. The Bertz CT molecular complexity index is 1750. The fraction of sp³-hybridized carbons (Fsp3) is 0.406. The molecule has 1 aliphatic rings. The number of hydrogen-bond donors (Lipinski definition) is 3. The molecule has 1 aromatic carbocycles. The number of nitrogens with one attached hydrogen (secondary N) is 3. The molecule has 3 N–H and O–H groups in total. The molecule has 14 heteroatoms. The van der Waals surface area contributed by atoms with Crippen molar-refractivity contribution in [3.63, 3.8) is 0 Å². The van der Waals surface area contributed by atoms with Crippen LogP contribution in [0.15, 0.2) is 40.1 Å². The van der Waals surface area contributed by atoms with Gasteiger partial charge in [0.15, 0.2) is 5.69 Å². The van der Waals surface area contributed by atoms with Crippen molar-refractivity contribution in [2.45, 2.75) is 66.1 Å². The number of nitrogens with zero attached hydrogens (tertiary/aromatic N) is 4. The van der Waals surface area contributed by atoms with E-state index in [1.54, 1.807) is 26.2 Å². The lowest BCUT2D eigenvalue weighted by Gasteiger charge is -2.29. The summed E-state index contributed by atoms with van der Waals surface area (Å²) in [6.45, 7) is 10.5. The Morgan fingerprint density at radius 1 is 1.02 bits per heavy atom. The third-order valence-electron chi connectivity index (χ3n) is 7.57. The maximum absolute atomic E-state index is 14.0. The van der Waals surface area contributed by atoms with E-state index in [4.69, 9.17) is 4.42 Å². The molecule has 4 amide bonds. The molecule has 0 fully saturated rings. The van der Waals surface area contributed by atoms with Crippen LogP contribution in [0.25, 0.3) is 0 Å². The normalized spacial score (nSPS) is 19.7. The van der Waals surface area contributed by atoms with E-state index in [1.165, 1.54) is 27.6 Å². The van der Waals surface area contributed by atoms with Gasteiger partial charge in [0.2, 0.25) is 11.8 Å². The van der Waals surface area contributed by atoms with E-state index in [-0.39, 0.29) is 42.2 Å². The zero-order valence-corrected chi connectivity index (χ0v) is 28.2. The first-order valence-electron chi connectivity index (χ1n) is 15.0. The molecule has 242 valence electrons. The molecule has 46 heavy (non-hydrogen) atoms. The molecule has 0 saturated heterocycles. The van der Waals surface area contributed by atoms with Gasteiger partial charge in [0.1, 0.15) is 27.4 Å². The lowest BCUT2D eigenvalue weighted by molar-refractivity contribution is -0.123. The number of rotatable bonds is 4. The van der Waals surface area contributed by atoms with Crippen LogP contribution in [0.1, 0.15) is 96.4 Å². The molecular weight excluding hydrogens is 627 g/mol. The van der Waals surface area contributed by atoms with Gasteiger partial charge in [-0.1, -0.05) is 44.2 Å². The highest BCUT2D eigenvalue weighted by Gasteiger charge is 2.31. The average Bonchev–Trinajstić information content (AvgIpc) is 3.73. The third-order valence-corrected chi connectivity index (χ3v) is 9.66. The molecule has 12 nitrogen and oxygen atoms in total. The number of oxazole rings is 1. The van der Waals surface area contributed by atoms with Gasteiger partial charge in [0.25, 0.3) is 17.7 Å². The van der Waals surface area contributed by atoms with Gasteiger partial charge in [-0.3, -0.25) is 19.2 Å². The van der Waals surface area contributed by atoms with E-state index in [9.17, 15) is 19.2 Å². The van der Waals surface area contributed by atoms with Crippen molar-refractivity contribution in [2.24, 2.45) is 5.92 Å². The highest BCUT2D eigenvalue weighted by atomic mass is 32.1. The van der Waals surface area contributed by atoms with E-state index < -0.39 is 35.8 Å². The molecule has 4 bridgehead atoms. The molecule has 4 aromatic rings. The standard InChI is InChI=1S/C32H37N7O5S2/c1-16(2)25-30-38-26(19(5)44-30)29(42)34-18(4)31-36-23(15-45-31)28(41)35-22(12-21-10-8-7-9-11-21)13-39(14-24(40)37-25)32(43)27-17(3)33-20(6)46-27/h7-11,15-16,18,22,25H,12-14H2,1-6H3,(H,34,42)(H,35,41)(H,37,40)/t18-,22-,25+/m1/s1. The van der Waals surface area contributed by atoms with Crippen molar-refractivity contribution in [3.05, 3.63) is 84.9 Å². The molecule has 0 spiro atoms. The minimum atomic E-state index is -0.672. The van der Waals surface area contributed by atoms with Crippen molar-refractivity contribution < 1.29 is 23.6 Å². The molecule has 0 aliphatic carbocycles. The van der Waals surface area contributed by atoms with E-state index >= 15 is 0 Å². The fourth-order valence-corrected chi connectivity index (χ4v) is 6.96. The predicted octanol–water partition coefficient (Wildman–Crippen LogP) is 4.31. The quantitative estimate of drug-likeness (QED) is 0.291. The summed E-state index contributed by atoms with van der Waals surface area (Å²) in [5, 5.41) is 11.8. The van der Waals surface area contributed by atoms with Gasteiger partial charge >= 0.3 is 0 Å². The number of carbonyl (C=O) groups is 4. The minimum absolute atomic E-state index is 0.0430. The van der Waals surface area contributed by atoms with Crippen molar-refractivity contribution in [3.8, 4) is 0 Å². The summed E-state index contributed by atoms with van der Waals surface area (Å²) in [6.07, 6.45) is 0.398. The van der Waals surface area contributed by atoms with Crippen molar-refractivity contribution in [2.75, 3.05) is 13.1 Å². The molecule has 1 aliphatic heterocycles. The van der Waals surface area contributed by atoms with E-state index in [2.05, 4.69) is 30.9 Å². The maximum Gasteiger partial charge on any atom is 0.274 e. The average molecular weight is 664 g/mol. The van der Waals surface area contributed by atoms with Crippen LogP contribution in [0.4, 0.5) is 0 Å². The minimum Gasteiger partial charge on any atom is -0.443 e. The second-order valence-corrected chi connectivity index (χ2v) is 13.8. The van der Waals surface area contributed by atoms with Crippen molar-refractivity contribution in [1.29, 1.82) is 0 Å². The van der Waals surface area contributed by atoms with Crippen LogP contribution in [-0.4, -0.2) is 62.6 Å². The summed E-state index contributed by atoms with van der Waals surface area (Å²) in [5.41, 5.74) is 1.79. The summed E-state index contributed by atoms with van der Waals surface area (Å²) < 4.78 is 5.91. The fourth-order valence-electron chi connectivity index (χ4n) is 5.26. The Morgan fingerprint density at radius 2 is 1.76 bits per heavy atom. The van der Waals surface area contributed by atoms with Crippen LogP contribution >= 0.6 is 22.7 Å². The summed E-state index contributed by atoms with van der Waals surface area (Å²) in [7, 11) is 0. The second-order valence-electron chi connectivity index (χ2n) is 11.7. The van der Waals surface area contributed by atoms with Crippen LogP contribution in [0.3, 0.4) is 0 Å². The van der Waals surface area contributed by atoms with E-state index in [1.807, 2.05) is 51.1 Å². The number of amides is 4. The number of aryl methyl sites for hydroxylation is 3. The van der Waals surface area contributed by atoms with Gasteiger partial charge < -0.3 is 25.3 Å². The molecule has 0 unspecified atom stereocenters. The number of aromatic nitrogens is 3. The van der Waals surface area contributed by atoms with Gasteiger partial charge in [-0.25, -0.2) is 15.0 Å². The molecular formula is C32H37N7O5S2. The van der Waals surface area contributed by atoms with Crippen LogP contribution in [0.2, 0.25) is 0 Å². The first-order valence-corrected chi connectivity index (χ1v) is 16.7. The first-order chi connectivity index (χ1) is 21.9. The highest BCUT2D eigenvalue weighted by molar-refractivity contribution is 7.13. The van der Waals surface area contributed by atoms with Gasteiger partial charge in [0, 0.05) is 11.9 Å².